The van der Waals surface area contributed by atoms with Crippen LogP contribution in [0.5, 0.6) is 0 Å². The fraction of sp³-hybridized carbons (Fsp3) is 0.190. The normalized spacial score (nSPS) is 14.7. The molecule has 29 heavy (non-hydrogen) atoms. The molecule has 6 nitrogen and oxygen atoms in total. The van der Waals surface area contributed by atoms with Crippen LogP contribution in [0.1, 0.15) is 16.0 Å². The van der Waals surface area contributed by atoms with Gasteiger partial charge in [-0.2, -0.15) is 0 Å². The maximum atomic E-state index is 12.7. The summed E-state index contributed by atoms with van der Waals surface area (Å²) in [5, 5.41) is 9.30. The lowest BCUT2D eigenvalue weighted by atomic mass is 10.1. The van der Waals surface area contributed by atoms with Gasteiger partial charge in [0, 0.05) is 26.7 Å². The molecule has 0 aliphatic carbocycles. The zero-order chi connectivity index (χ0) is 20.5. The lowest BCUT2D eigenvalue weighted by Crippen LogP contribution is -2.52. The van der Waals surface area contributed by atoms with Crippen molar-refractivity contribution in [2.24, 2.45) is 5.73 Å². The summed E-state index contributed by atoms with van der Waals surface area (Å²) < 4.78 is 1.07. The van der Waals surface area contributed by atoms with Gasteiger partial charge in [0.25, 0.3) is 0 Å². The van der Waals surface area contributed by atoms with Gasteiger partial charge in [0.05, 0.1) is 6.54 Å². The molecule has 148 valence electrons. The van der Waals surface area contributed by atoms with Crippen LogP contribution in [0.25, 0.3) is 10.1 Å². The van der Waals surface area contributed by atoms with Crippen molar-refractivity contribution in [2.45, 2.75) is 13.1 Å². The van der Waals surface area contributed by atoms with Crippen molar-refractivity contribution in [1.82, 2.24) is 9.80 Å². The Balaban J connectivity index is 1.44. The summed E-state index contributed by atoms with van der Waals surface area (Å²) in [6.07, 6.45) is 0. The van der Waals surface area contributed by atoms with Crippen LogP contribution in [0.15, 0.2) is 48.5 Å². The predicted molar refractivity (Wildman–Crippen MR) is 115 cm³/mol. The lowest BCUT2D eigenvalue weighted by Gasteiger charge is -2.33. The average molecular weight is 427 g/mol. The Labute approximate surface area is 177 Å². The zero-order valence-electron chi connectivity index (χ0n) is 15.5. The summed E-state index contributed by atoms with van der Waals surface area (Å²) in [6, 6.07) is 14.9. The monoisotopic (exact) mass is 426 g/mol. The van der Waals surface area contributed by atoms with E-state index in [1.54, 1.807) is 39.3 Å². The molecule has 4 rings (SSSR count). The third-order valence-corrected chi connectivity index (χ3v) is 6.17. The van der Waals surface area contributed by atoms with Gasteiger partial charge < -0.3 is 15.5 Å². The number of carbonyl (C=O) groups is 2. The van der Waals surface area contributed by atoms with Gasteiger partial charge in [-0.1, -0.05) is 35.9 Å². The quantitative estimate of drug-likeness (QED) is 0.484. The number of benzene rings is 2. The SMILES string of the molecule is N=C(N)c1cccc(CN2CC(=O)N(Cc3cc4ccc(Cl)cc4s3)CC2=O)c1. The molecule has 8 heteroatoms. The van der Waals surface area contributed by atoms with Crippen LogP contribution in [-0.2, 0) is 22.7 Å². The number of nitrogens with one attached hydrogen (secondary N) is 1. The van der Waals surface area contributed by atoms with Crippen LogP contribution in [0.4, 0.5) is 0 Å². The van der Waals surface area contributed by atoms with Crippen molar-refractivity contribution >= 4 is 50.7 Å². The van der Waals surface area contributed by atoms with Gasteiger partial charge in [0.2, 0.25) is 11.8 Å². The number of carbonyl (C=O) groups excluding carboxylic acids is 2. The molecule has 2 heterocycles. The number of hydrogen-bond donors (Lipinski definition) is 2. The van der Waals surface area contributed by atoms with Gasteiger partial charge in [-0.3, -0.25) is 15.0 Å². The molecule has 0 bridgehead atoms. The molecule has 1 saturated heterocycles. The second kappa shape index (κ2) is 7.85. The first-order valence-corrected chi connectivity index (χ1v) is 10.3. The third-order valence-electron chi connectivity index (χ3n) is 4.85. The Morgan fingerprint density at radius 1 is 1.03 bits per heavy atom. The number of nitrogen functional groups attached to an aromatic ring is 1. The van der Waals surface area contributed by atoms with Crippen molar-refractivity contribution in [3.63, 3.8) is 0 Å². The summed E-state index contributed by atoms with van der Waals surface area (Å²) in [6.45, 7) is 0.830. The van der Waals surface area contributed by atoms with Crippen LogP contribution >= 0.6 is 22.9 Å². The molecule has 2 aromatic carbocycles. The topological polar surface area (TPSA) is 90.5 Å². The molecule has 0 saturated carbocycles. The van der Waals surface area contributed by atoms with E-state index >= 15 is 0 Å². The number of fused-ring (bicyclic) bond motifs is 1. The average Bonchev–Trinajstić information content (AvgIpc) is 3.07. The van der Waals surface area contributed by atoms with Gasteiger partial charge in [0.1, 0.15) is 18.9 Å². The number of hydrogen-bond acceptors (Lipinski definition) is 4. The number of thiophene rings is 1. The first-order valence-electron chi connectivity index (χ1n) is 9.06. The Bertz CT molecular complexity index is 1130. The minimum atomic E-state index is -0.0954. The molecule has 1 aliphatic rings. The highest BCUT2D eigenvalue weighted by Crippen LogP contribution is 2.29. The molecule has 0 atom stereocenters. The second-order valence-corrected chi connectivity index (χ2v) is 8.61. The molecule has 1 aliphatic heterocycles. The van der Waals surface area contributed by atoms with Crippen LogP contribution in [-0.4, -0.2) is 40.5 Å². The van der Waals surface area contributed by atoms with Gasteiger partial charge in [0.15, 0.2) is 0 Å². The highest BCUT2D eigenvalue weighted by molar-refractivity contribution is 7.19. The standard InChI is InChI=1S/C21H19ClN4O2S/c22-16-5-4-14-7-17(29-18(14)8-16)10-26-12-19(27)25(11-20(26)28)9-13-2-1-3-15(6-13)21(23)24/h1-8H,9-12H2,(H3,23,24). The highest BCUT2D eigenvalue weighted by atomic mass is 35.5. The Hall–Kier alpha value is -2.90. The number of amidine groups is 1. The summed E-state index contributed by atoms with van der Waals surface area (Å²) >= 11 is 7.63. The molecule has 3 aromatic rings. The van der Waals surface area contributed by atoms with Crippen LogP contribution < -0.4 is 5.73 Å². The fourth-order valence-electron chi connectivity index (χ4n) is 3.37. The summed E-state index contributed by atoms with van der Waals surface area (Å²) in [4.78, 5) is 29.4. The lowest BCUT2D eigenvalue weighted by molar-refractivity contribution is -0.151. The van der Waals surface area contributed by atoms with E-state index < -0.39 is 0 Å². The molecule has 2 amide bonds. The number of halogens is 1. The molecule has 1 fully saturated rings. The number of amides is 2. The summed E-state index contributed by atoms with van der Waals surface area (Å²) in [5.74, 6) is -0.200. The minimum absolute atomic E-state index is 0.0244. The Kier molecular flexibility index (Phi) is 5.25. The number of rotatable bonds is 5. The molecular weight excluding hydrogens is 408 g/mol. The summed E-state index contributed by atoms with van der Waals surface area (Å²) in [5.41, 5.74) is 6.97. The van der Waals surface area contributed by atoms with Crippen molar-refractivity contribution in [1.29, 1.82) is 5.41 Å². The van der Waals surface area contributed by atoms with E-state index in [2.05, 4.69) is 0 Å². The van der Waals surface area contributed by atoms with E-state index in [1.165, 1.54) is 0 Å². The van der Waals surface area contributed by atoms with Gasteiger partial charge in [-0.05, 0) is 35.2 Å². The first-order chi connectivity index (χ1) is 13.9. The maximum absolute atomic E-state index is 12.7. The second-order valence-electron chi connectivity index (χ2n) is 7.01. The number of piperazine rings is 1. The Morgan fingerprint density at radius 3 is 2.48 bits per heavy atom. The maximum Gasteiger partial charge on any atom is 0.243 e. The van der Waals surface area contributed by atoms with Gasteiger partial charge in [-0.15, -0.1) is 11.3 Å². The summed E-state index contributed by atoms with van der Waals surface area (Å²) in [7, 11) is 0. The van der Waals surface area contributed by atoms with Crippen LogP contribution in [0.3, 0.4) is 0 Å². The molecule has 1 aromatic heterocycles. The minimum Gasteiger partial charge on any atom is -0.384 e. The van der Waals surface area contributed by atoms with Crippen molar-refractivity contribution in [2.75, 3.05) is 13.1 Å². The van der Waals surface area contributed by atoms with Crippen LogP contribution in [0, 0.1) is 5.41 Å². The van der Waals surface area contributed by atoms with E-state index in [0.717, 1.165) is 20.5 Å². The van der Waals surface area contributed by atoms with E-state index in [0.29, 0.717) is 23.7 Å². The fourth-order valence-corrected chi connectivity index (χ4v) is 4.73. The molecule has 3 N–H and O–H groups in total. The van der Waals surface area contributed by atoms with E-state index in [9.17, 15) is 9.59 Å². The molecule has 0 unspecified atom stereocenters. The van der Waals surface area contributed by atoms with Crippen LogP contribution in [0.2, 0.25) is 5.02 Å². The highest BCUT2D eigenvalue weighted by Gasteiger charge is 2.30. The number of nitrogens with two attached hydrogens (primary N) is 1. The zero-order valence-corrected chi connectivity index (χ0v) is 17.1. The van der Waals surface area contributed by atoms with Crippen molar-refractivity contribution in [3.05, 3.63) is 69.6 Å². The van der Waals surface area contributed by atoms with Crippen molar-refractivity contribution in [3.8, 4) is 0 Å². The third kappa shape index (κ3) is 4.26. The Morgan fingerprint density at radius 2 is 1.76 bits per heavy atom. The van der Waals surface area contributed by atoms with Gasteiger partial charge in [-0.25, -0.2) is 0 Å². The molecule has 0 spiro atoms. The molecule has 0 radical (unpaired) electrons. The first kappa shape index (κ1) is 19.4. The van der Waals surface area contributed by atoms with Crippen molar-refractivity contribution < 1.29 is 9.59 Å². The predicted octanol–water partition coefficient (Wildman–Crippen LogP) is 3.21. The number of nitrogens with zero attached hydrogens (tertiary/aromatic N) is 2. The largest absolute Gasteiger partial charge is 0.384 e. The smallest absolute Gasteiger partial charge is 0.243 e. The van der Waals surface area contributed by atoms with Gasteiger partial charge >= 0.3 is 0 Å². The van der Waals surface area contributed by atoms with E-state index in [-0.39, 0.29) is 30.7 Å². The van der Waals surface area contributed by atoms with E-state index in [1.807, 2.05) is 30.3 Å². The van der Waals surface area contributed by atoms with E-state index in [4.69, 9.17) is 22.7 Å². The molecular formula is C21H19ClN4O2S.